The summed E-state index contributed by atoms with van der Waals surface area (Å²) >= 11 is 1.21. The van der Waals surface area contributed by atoms with Crippen molar-refractivity contribution in [3.05, 3.63) is 77.0 Å². The van der Waals surface area contributed by atoms with Crippen molar-refractivity contribution in [2.24, 2.45) is 16.6 Å². The normalized spacial score (nSPS) is 18.4. The number of amides is 2. The Morgan fingerprint density at radius 2 is 1.90 bits per heavy atom. The van der Waals surface area contributed by atoms with Crippen LogP contribution in [0.5, 0.6) is 0 Å². The smallest absolute Gasteiger partial charge is 0.247 e. The molecule has 1 heterocycles. The van der Waals surface area contributed by atoms with E-state index in [1.807, 2.05) is 61.5 Å². The fraction of sp³-hybridized carbons (Fsp3) is 0.217. The van der Waals surface area contributed by atoms with Crippen LogP contribution >= 0.6 is 11.8 Å². The number of thioether (sulfide) groups is 1. The Hall–Kier alpha value is -3.37. The van der Waals surface area contributed by atoms with E-state index in [0.717, 1.165) is 16.8 Å². The van der Waals surface area contributed by atoms with Crippen molar-refractivity contribution in [2.45, 2.75) is 19.8 Å². The monoisotopic (exact) mass is 418 g/mol. The van der Waals surface area contributed by atoms with Gasteiger partial charge < -0.3 is 11.1 Å². The second-order valence-corrected chi connectivity index (χ2v) is 8.01. The van der Waals surface area contributed by atoms with E-state index in [1.54, 1.807) is 6.92 Å². The van der Waals surface area contributed by atoms with Gasteiger partial charge in [0.25, 0.3) is 0 Å². The zero-order chi connectivity index (χ0) is 21.7. The minimum Gasteiger partial charge on any atom is -0.366 e. The van der Waals surface area contributed by atoms with Crippen molar-refractivity contribution in [3.8, 4) is 6.07 Å². The highest BCUT2D eigenvalue weighted by atomic mass is 32.2. The fourth-order valence-electron chi connectivity index (χ4n) is 3.49. The van der Waals surface area contributed by atoms with Gasteiger partial charge in [-0.05, 0) is 37.1 Å². The van der Waals surface area contributed by atoms with Crippen LogP contribution in [0.2, 0.25) is 0 Å². The number of nitriles is 1. The Morgan fingerprint density at radius 1 is 1.17 bits per heavy atom. The summed E-state index contributed by atoms with van der Waals surface area (Å²) < 4.78 is 0. The lowest BCUT2D eigenvalue weighted by atomic mass is 9.79. The quantitative estimate of drug-likeness (QED) is 0.770. The van der Waals surface area contributed by atoms with E-state index in [4.69, 9.17) is 5.73 Å². The van der Waals surface area contributed by atoms with Crippen molar-refractivity contribution in [1.82, 2.24) is 0 Å². The zero-order valence-corrected chi connectivity index (χ0v) is 17.6. The van der Waals surface area contributed by atoms with E-state index in [-0.39, 0.29) is 11.7 Å². The largest absolute Gasteiger partial charge is 0.366 e. The Balaban J connectivity index is 1.83. The van der Waals surface area contributed by atoms with Crippen LogP contribution in [-0.4, -0.2) is 22.6 Å². The second kappa shape index (κ2) is 9.42. The van der Waals surface area contributed by atoms with Crippen molar-refractivity contribution in [2.75, 3.05) is 11.1 Å². The first kappa shape index (κ1) is 21.3. The number of primary amides is 1. The molecule has 3 rings (SSSR count). The second-order valence-electron chi connectivity index (χ2n) is 7.01. The third kappa shape index (κ3) is 4.78. The number of aryl methyl sites for hydroxylation is 1. The number of nitrogens with one attached hydrogen (secondary N) is 1. The van der Waals surface area contributed by atoms with Crippen LogP contribution in [0, 0.1) is 24.2 Å². The van der Waals surface area contributed by atoms with Gasteiger partial charge in [-0.15, -0.1) is 0 Å². The van der Waals surface area contributed by atoms with E-state index in [1.165, 1.54) is 11.8 Å². The number of carbonyl (C=O) groups excluding carboxylic acids is 2. The molecular formula is C23H22N4O2S. The van der Waals surface area contributed by atoms with Gasteiger partial charge in [0.05, 0.1) is 16.9 Å². The van der Waals surface area contributed by atoms with Gasteiger partial charge in [0.2, 0.25) is 11.8 Å². The van der Waals surface area contributed by atoms with Crippen LogP contribution < -0.4 is 11.1 Å². The number of allylic oxidation sites excluding steroid dienone is 1. The number of hydrogen-bond acceptors (Lipinski definition) is 5. The van der Waals surface area contributed by atoms with Gasteiger partial charge in [-0.2, -0.15) is 5.26 Å². The first-order valence-electron chi connectivity index (χ1n) is 9.43. The van der Waals surface area contributed by atoms with Crippen molar-refractivity contribution < 1.29 is 9.59 Å². The highest BCUT2D eigenvalue weighted by Gasteiger charge is 2.38. The Bertz CT molecular complexity index is 1070. The predicted octanol–water partition coefficient (Wildman–Crippen LogP) is 3.76. The van der Waals surface area contributed by atoms with Gasteiger partial charge >= 0.3 is 0 Å². The first-order valence-corrected chi connectivity index (χ1v) is 10.4. The van der Waals surface area contributed by atoms with Crippen LogP contribution in [0.3, 0.4) is 0 Å². The van der Waals surface area contributed by atoms with Crippen LogP contribution in [0.25, 0.3) is 0 Å². The Kier molecular flexibility index (Phi) is 6.70. The number of carbonyl (C=O) groups is 2. The molecule has 2 unspecified atom stereocenters. The van der Waals surface area contributed by atoms with Crippen LogP contribution in [0.15, 0.2) is 70.9 Å². The maximum absolute atomic E-state index is 12.4. The maximum Gasteiger partial charge on any atom is 0.247 e. The molecule has 2 amide bonds. The van der Waals surface area contributed by atoms with Crippen LogP contribution in [-0.2, 0) is 9.59 Å². The van der Waals surface area contributed by atoms with Gasteiger partial charge in [-0.3, -0.25) is 9.59 Å². The molecule has 152 valence electrons. The van der Waals surface area contributed by atoms with E-state index in [2.05, 4.69) is 16.4 Å². The summed E-state index contributed by atoms with van der Waals surface area (Å²) in [5.74, 6) is -1.90. The van der Waals surface area contributed by atoms with Gasteiger partial charge in [-0.1, -0.05) is 54.2 Å². The lowest BCUT2D eigenvalue weighted by molar-refractivity contribution is -0.115. The van der Waals surface area contributed by atoms with Gasteiger partial charge in [0.15, 0.2) is 0 Å². The highest BCUT2D eigenvalue weighted by Crippen LogP contribution is 2.40. The van der Waals surface area contributed by atoms with Crippen LogP contribution in [0.1, 0.15) is 24.0 Å². The molecule has 0 saturated carbocycles. The predicted molar refractivity (Wildman–Crippen MR) is 120 cm³/mol. The third-order valence-corrected chi connectivity index (χ3v) is 5.84. The van der Waals surface area contributed by atoms with Crippen molar-refractivity contribution in [3.63, 3.8) is 0 Å². The lowest BCUT2D eigenvalue weighted by Crippen LogP contribution is -2.32. The number of nitrogens with two attached hydrogens (primary N) is 1. The average molecular weight is 419 g/mol. The molecule has 0 aliphatic carbocycles. The minimum atomic E-state index is -0.699. The number of nitrogens with zero attached hydrogens (tertiary/aromatic N) is 2. The molecule has 0 fully saturated rings. The molecule has 0 aromatic heterocycles. The summed E-state index contributed by atoms with van der Waals surface area (Å²) in [7, 11) is 0. The molecule has 0 bridgehead atoms. The van der Waals surface area contributed by atoms with E-state index < -0.39 is 17.7 Å². The van der Waals surface area contributed by atoms with E-state index >= 15 is 0 Å². The third-order valence-electron chi connectivity index (χ3n) is 4.79. The Morgan fingerprint density at radius 3 is 2.53 bits per heavy atom. The number of anilines is 1. The van der Waals surface area contributed by atoms with Crippen molar-refractivity contribution >= 4 is 34.3 Å². The van der Waals surface area contributed by atoms with Crippen LogP contribution in [0.4, 0.5) is 5.69 Å². The molecule has 3 N–H and O–H groups in total. The van der Waals surface area contributed by atoms with Gasteiger partial charge in [0, 0.05) is 22.9 Å². The SMILES string of the molecule is CC1=C(C(N)=O)C(c2ccccc2)C(C#N)C(SCC(=O)Nc2cccc(C)c2)=N1. The number of benzene rings is 2. The minimum absolute atomic E-state index is 0.103. The fourth-order valence-corrected chi connectivity index (χ4v) is 4.41. The summed E-state index contributed by atoms with van der Waals surface area (Å²) in [6, 6.07) is 19.1. The van der Waals surface area contributed by atoms with Gasteiger partial charge in [0.1, 0.15) is 5.92 Å². The molecule has 7 heteroatoms. The molecule has 0 spiro atoms. The average Bonchev–Trinajstić information content (AvgIpc) is 2.72. The molecule has 1 aliphatic rings. The summed E-state index contributed by atoms with van der Waals surface area (Å²) in [5, 5.41) is 13.3. The van der Waals surface area contributed by atoms with E-state index in [9.17, 15) is 14.9 Å². The maximum atomic E-state index is 12.4. The number of aliphatic imine (C=N–C) groups is 1. The molecule has 2 aromatic rings. The molecule has 1 aliphatic heterocycles. The Labute approximate surface area is 179 Å². The molecule has 2 aromatic carbocycles. The number of hydrogen-bond donors (Lipinski definition) is 2. The lowest BCUT2D eigenvalue weighted by Gasteiger charge is -2.29. The van der Waals surface area contributed by atoms with E-state index in [0.29, 0.717) is 16.3 Å². The highest BCUT2D eigenvalue weighted by molar-refractivity contribution is 8.14. The standard InChI is InChI=1S/C23H22N4O2S/c1-14-7-6-10-17(11-14)27-19(28)13-30-23-18(12-24)21(16-8-4-3-5-9-16)20(22(25)29)15(2)26-23/h3-11,18,21H,13H2,1-2H3,(H2,25,29)(H,27,28). The summed E-state index contributed by atoms with van der Waals surface area (Å²) in [5.41, 5.74) is 9.01. The molecule has 0 saturated heterocycles. The molecular weight excluding hydrogens is 396 g/mol. The summed E-state index contributed by atoms with van der Waals surface area (Å²) in [6.07, 6.45) is 0. The summed E-state index contributed by atoms with van der Waals surface area (Å²) in [4.78, 5) is 29.0. The zero-order valence-electron chi connectivity index (χ0n) is 16.8. The number of rotatable bonds is 5. The molecule has 0 radical (unpaired) electrons. The molecule has 30 heavy (non-hydrogen) atoms. The molecule has 2 atom stereocenters. The van der Waals surface area contributed by atoms with Gasteiger partial charge in [-0.25, -0.2) is 4.99 Å². The molecule has 6 nitrogen and oxygen atoms in total. The topological polar surface area (TPSA) is 108 Å². The van der Waals surface area contributed by atoms with Crippen molar-refractivity contribution in [1.29, 1.82) is 5.26 Å². The first-order chi connectivity index (χ1) is 14.4. The summed E-state index contributed by atoms with van der Waals surface area (Å²) in [6.45, 7) is 3.66.